The van der Waals surface area contributed by atoms with Crippen LogP contribution in [0, 0.1) is 0 Å². The Morgan fingerprint density at radius 3 is 1.94 bits per heavy atom. The van der Waals surface area contributed by atoms with Crippen molar-refractivity contribution in [2.75, 3.05) is 0 Å². The van der Waals surface area contributed by atoms with Crippen LogP contribution in [0.5, 0.6) is 0 Å². The van der Waals surface area contributed by atoms with E-state index < -0.39 is 8.07 Å². The third-order valence-electron chi connectivity index (χ3n) is 11.0. The highest BCUT2D eigenvalue weighted by Gasteiger charge is 2.40. The van der Waals surface area contributed by atoms with Gasteiger partial charge in [-0.05, 0) is 63.5 Å². The molecule has 0 bridgehead atoms. The highest BCUT2D eigenvalue weighted by molar-refractivity contribution is 7.25. The van der Waals surface area contributed by atoms with Crippen LogP contribution in [0.1, 0.15) is 0 Å². The quantitative estimate of drug-likeness (QED) is 0.170. The molecule has 7 aromatic carbocycles. The van der Waals surface area contributed by atoms with Crippen LogP contribution < -0.4 is 10.4 Å². The van der Waals surface area contributed by atoms with Crippen molar-refractivity contribution in [3.63, 3.8) is 0 Å². The highest BCUT2D eigenvalue weighted by atomic mass is 32.1. The van der Waals surface area contributed by atoms with Crippen molar-refractivity contribution in [1.82, 2.24) is 15.0 Å². The number of thiophene rings is 1. The Hall–Kier alpha value is -6.21. The Balaban J connectivity index is 1.19. The minimum absolute atomic E-state index is 0.640. The van der Waals surface area contributed by atoms with Gasteiger partial charge in [-0.3, -0.25) is 0 Å². The van der Waals surface area contributed by atoms with E-state index in [0.29, 0.717) is 17.5 Å². The Morgan fingerprint density at radius 1 is 0.472 bits per heavy atom. The van der Waals surface area contributed by atoms with Crippen LogP contribution >= 0.6 is 11.3 Å². The molecule has 250 valence electrons. The maximum absolute atomic E-state index is 6.83. The molecule has 0 unspecified atom stereocenters. The Bertz CT molecular complexity index is 3090. The summed E-state index contributed by atoms with van der Waals surface area (Å²) in [4.78, 5) is 15.9. The molecule has 0 saturated carbocycles. The smallest absolute Gasteiger partial charge is 0.164 e. The summed E-state index contributed by atoms with van der Waals surface area (Å²) >= 11 is 1.81. The van der Waals surface area contributed by atoms with E-state index in [0.717, 1.165) is 44.2 Å². The first-order valence-corrected chi connectivity index (χ1v) is 21.8. The molecule has 4 nitrogen and oxygen atoms in total. The summed E-state index contributed by atoms with van der Waals surface area (Å²) in [6.07, 6.45) is 0. The van der Waals surface area contributed by atoms with E-state index in [1.807, 2.05) is 23.5 Å². The van der Waals surface area contributed by atoms with E-state index >= 15 is 0 Å². The lowest BCUT2D eigenvalue weighted by Gasteiger charge is -2.19. The summed E-state index contributed by atoms with van der Waals surface area (Å²) in [6.45, 7) is 4.88. The number of hydrogen-bond acceptors (Lipinski definition) is 5. The molecule has 0 N–H and O–H groups in total. The fourth-order valence-electron chi connectivity index (χ4n) is 8.29. The van der Waals surface area contributed by atoms with Gasteiger partial charge in [0.25, 0.3) is 0 Å². The highest BCUT2D eigenvalue weighted by Crippen LogP contribution is 2.44. The van der Waals surface area contributed by atoms with Crippen LogP contribution in [0.2, 0.25) is 13.1 Å². The summed E-state index contributed by atoms with van der Waals surface area (Å²) < 4.78 is 9.35. The molecule has 11 rings (SSSR count). The first-order chi connectivity index (χ1) is 26.0. The number of furan rings is 1. The maximum Gasteiger partial charge on any atom is 0.164 e. The van der Waals surface area contributed by atoms with Crippen LogP contribution in [0.15, 0.2) is 156 Å². The molecule has 0 amide bonds. The lowest BCUT2D eigenvalue weighted by molar-refractivity contribution is 0.670. The number of nitrogens with zero attached hydrogens (tertiary/aromatic N) is 3. The monoisotopic (exact) mass is 713 g/mol. The molecular formula is C47H31N3OSSi. The van der Waals surface area contributed by atoms with E-state index in [2.05, 4.69) is 153 Å². The van der Waals surface area contributed by atoms with Crippen LogP contribution in [-0.2, 0) is 0 Å². The summed E-state index contributed by atoms with van der Waals surface area (Å²) in [7, 11) is -2.08. The molecule has 4 heterocycles. The number of hydrogen-bond donors (Lipinski definition) is 0. The molecule has 0 spiro atoms. The zero-order valence-electron chi connectivity index (χ0n) is 29.1. The van der Waals surface area contributed by atoms with Gasteiger partial charge in [0.2, 0.25) is 0 Å². The van der Waals surface area contributed by atoms with Gasteiger partial charge in [0.05, 0.1) is 0 Å². The van der Waals surface area contributed by atoms with Crippen LogP contribution in [-0.4, -0.2) is 23.0 Å². The second-order valence-electron chi connectivity index (χ2n) is 14.4. The minimum Gasteiger partial charge on any atom is -0.455 e. The predicted octanol–water partition coefficient (Wildman–Crippen LogP) is 11.6. The number of rotatable bonds is 4. The third-order valence-corrected chi connectivity index (χ3v) is 15.6. The van der Waals surface area contributed by atoms with Gasteiger partial charge in [0, 0.05) is 53.2 Å². The number of aromatic nitrogens is 3. The average Bonchev–Trinajstić information content (AvgIpc) is 3.85. The van der Waals surface area contributed by atoms with Gasteiger partial charge in [-0.2, -0.15) is 0 Å². The Kier molecular flexibility index (Phi) is 6.54. The molecule has 6 heteroatoms. The third kappa shape index (κ3) is 4.62. The van der Waals surface area contributed by atoms with Crippen molar-refractivity contribution in [3.8, 4) is 56.4 Å². The van der Waals surface area contributed by atoms with Crippen molar-refractivity contribution in [1.29, 1.82) is 0 Å². The predicted molar refractivity (Wildman–Crippen MR) is 224 cm³/mol. The largest absolute Gasteiger partial charge is 0.455 e. The van der Waals surface area contributed by atoms with E-state index in [-0.39, 0.29) is 0 Å². The molecule has 0 atom stereocenters. The molecule has 0 saturated heterocycles. The van der Waals surface area contributed by atoms with Crippen molar-refractivity contribution >= 4 is 71.9 Å². The topological polar surface area (TPSA) is 51.8 Å². The number of fused-ring (bicyclic) bond motifs is 10. The molecule has 1 aliphatic heterocycles. The van der Waals surface area contributed by atoms with E-state index in [1.54, 1.807) is 0 Å². The lowest BCUT2D eigenvalue weighted by Crippen LogP contribution is -2.49. The average molecular weight is 714 g/mol. The molecule has 0 radical (unpaired) electrons. The van der Waals surface area contributed by atoms with Crippen molar-refractivity contribution in [3.05, 3.63) is 152 Å². The van der Waals surface area contributed by atoms with E-state index in [4.69, 9.17) is 19.4 Å². The van der Waals surface area contributed by atoms with Gasteiger partial charge in [0.15, 0.2) is 17.5 Å². The zero-order chi connectivity index (χ0) is 35.3. The molecule has 0 aliphatic carbocycles. The first kappa shape index (κ1) is 30.4. The van der Waals surface area contributed by atoms with Gasteiger partial charge in [-0.25, -0.2) is 15.0 Å². The summed E-state index contributed by atoms with van der Waals surface area (Å²) in [6, 6.07) is 53.8. The van der Waals surface area contributed by atoms with Crippen LogP contribution in [0.4, 0.5) is 0 Å². The van der Waals surface area contributed by atoms with Crippen molar-refractivity contribution < 1.29 is 4.42 Å². The van der Waals surface area contributed by atoms with Gasteiger partial charge in [0.1, 0.15) is 19.2 Å². The van der Waals surface area contributed by atoms with Crippen molar-refractivity contribution in [2.45, 2.75) is 13.1 Å². The molecule has 1 aliphatic rings. The fraction of sp³-hybridized carbons (Fsp3) is 0.0426. The van der Waals surface area contributed by atoms with Gasteiger partial charge in [-0.1, -0.05) is 128 Å². The normalized spacial score (nSPS) is 13.2. The minimum atomic E-state index is -2.08. The molecule has 10 aromatic rings. The van der Waals surface area contributed by atoms with Gasteiger partial charge in [-0.15, -0.1) is 11.3 Å². The fourth-order valence-corrected chi connectivity index (χ4v) is 12.4. The van der Waals surface area contributed by atoms with Crippen LogP contribution in [0.25, 0.3) is 98.5 Å². The summed E-state index contributed by atoms with van der Waals surface area (Å²) in [5.41, 5.74) is 9.47. The number of para-hydroxylation sites is 1. The van der Waals surface area contributed by atoms with E-state index in [1.165, 1.54) is 47.2 Å². The van der Waals surface area contributed by atoms with Crippen molar-refractivity contribution in [2.24, 2.45) is 0 Å². The summed E-state index contributed by atoms with van der Waals surface area (Å²) in [5.74, 6) is 1.93. The SMILES string of the molecule is C[Si]1(C)c2ccccc2-c2c1cc(-c1nc(-c3ccc(-c4ccccc4)cc3)nc(-c3ccc4sc5ccccc5c4c3)n1)c1c2oc2ccccc21. The molecule has 53 heavy (non-hydrogen) atoms. The molecule has 0 fully saturated rings. The van der Waals surface area contributed by atoms with Gasteiger partial charge >= 0.3 is 0 Å². The molecular weight excluding hydrogens is 683 g/mol. The van der Waals surface area contributed by atoms with Crippen LogP contribution in [0.3, 0.4) is 0 Å². The number of benzene rings is 7. The maximum atomic E-state index is 6.83. The lowest BCUT2D eigenvalue weighted by atomic mass is 9.98. The first-order valence-electron chi connectivity index (χ1n) is 17.9. The van der Waals surface area contributed by atoms with E-state index in [9.17, 15) is 0 Å². The molecule has 3 aromatic heterocycles. The zero-order valence-corrected chi connectivity index (χ0v) is 30.9. The Morgan fingerprint density at radius 2 is 1.09 bits per heavy atom. The summed E-state index contributed by atoms with van der Waals surface area (Å²) in [5, 5.41) is 7.35. The Labute approximate surface area is 311 Å². The second kappa shape index (κ2) is 11.4. The standard InChI is InChI=1S/C47H31N3OSSi/c1-53(2)40-19-11-8-16-34(40)43-41(53)27-36(42-33-15-6-9-17-37(33)51-44(42)43)47-49-45(30-22-20-29(21-23-30)28-12-4-3-5-13-28)48-46(50-47)31-24-25-39-35(26-31)32-14-7-10-18-38(32)52-39/h3-27H,1-2H3. The second-order valence-corrected chi connectivity index (χ2v) is 19.8. The van der Waals surface area contributed by atoms with Gasteiger partial charge < -0.3 is 4.42 Å².